The highest BCUT2D eigenvalue weighted by molar-refractivity contribution is 5.89. The Hall–Kier alpha value is -7.80. The number of hydrogen-bond acceptors (Lipinski definition) is 14. The van der Waals surface area contributed by atoms with Crippen LogP contribution in [0.15, 0.2) is 97.6 Å². The van der Waals surface area contributed by atoms with Gasteiger partial charge in [-0.15, -0.1) is 0 Å². The molecule has 18 nitrogen and oxygen atoms in total. The Bertz CT molecular complexity index is 2800. The lowest BCUT2D eigenvalue weighted by Crippen LogP contribution is -2.48. The van der Waals surface area contributed by atoms with Gasteiger partial charge in [-0.3, -0.25) is 14.5 Å². The first kappa shape index (κ1) is 47.7. The molecule has 69 heavy (non-hydrogen) atoms. The van der Waals surface area contributed by atoms with E-state index in [2.05, 4.69) is 78.3 Å². The highest BCUT2D eigenvalue weighted by atomic mass is 16.5. The van der Waals surface area contributed by atoms with Crippen LogP contribution in [0.25, 0.3) is 22.3 Å². The maximum absolute atomic E-state index is 12.6. The van der Waals surface area contributed by atoms with Gasteiger partial charge in [0.2, 0.25) is 11.8 Å². The minimum Gasteiger partial charge on any atom is -0.481 e. The van der Waals surface area contributed by atoms with Crippen LogP contribution in [-0.2, 0) is 9.59 Å². The average Bonchev–Trinajstić information content (AvgIpc) is 4.02. The Morgan fingerprint density at radius 2 is 1.07 bits per heavy atom. The Morgan fingerprint density at radius 1 is 0.609 bits per heavy atom. The number of nitrogens with one attached hydrogen (secondary N) is 2. The predicted molar refractivity (Wildman–Crippen MR) is 266 cm³/mol. The fraction of sp³-hybridized carbons (Fsp3) is 0.373. The summed E-state index contributed by atoms with van der Waals surface area (Å²) in [6, 6.07) is 19.1. The number of aromatic amines is 2. The number of para-hydroxylation sites is 2. The maximum Gasteiger partial charge on any atom is 0.246 e. The summed E-state index contributed by atoms with van der Waals surface area (Å²) in [6.45, 7) is 9.72. The molecule has 0 aliphatic carbocycles. The number of likely N-dealkylation sites (tertiary alicyclic amines) is 1. The van der Waals surface area contributed by atoms with Crippen LogP contribution < -0.4 is 19.3 Å². The van der Waals surface area contributed by atoms with Gasteiger partial charge in [0.05, 0.1) is 0 Å². The molecule has 18 heteroatoms. The molecule has 0 spiro atoms. The Labute approximate surface area is 402 Å². The second kappa shape index (κ2) is 24.3. The molecule has 3 fully saturated rings. The summed E-state index contributed by atoms with van der Waals surface area (Å²) in [7, 11) is 3.95. The quantitative estimate of drug-likeness (QED) is 0.133. The number of benzene rings is 2. The van der Waals surface area contributed by atoms with Crippen molar-refractivity contribution in [1.82, 2.24) is 59.5 Å². The number of rotatable bonds is 12. The number of imidazole rings is 2. The molecule has 0 saturated carbocycles. The summed E-state index contributed by atoms with van der Waals surface area (Å²) in [4.78, 5) is 70.5. The number of piperidine rings is 1. The van der Waals surface area contributed by atoms with Crippen LogP contribution in [0.5, 0.6) is 11.5 Å². The van der Waals surface area contributed by atoms with E-state index in [0.717, 1.165) is 60.3 Å². The van der Waals surface area contributed by atoms with E-state index < -0.39 is 0 Å². The van der Waals surface area contributed by atoms with Crippen molar-refractivity contribution in [3.05, 3.63) is 109 Å². The van der Waals surface area contributed by atoms with Crippen LogP contribution in [0.2, 0.25) is 0 Å². The van der Waals surface area contributed by atoms with Crippen LogP contribution in [0.1, 0.15) is 30.9 Å². The second-order valence-corrected chi connectivity index (χ2v) is 16.8. The zero-order valence-corrected chi connectivity index (χ0v) is 39.3. The van der Waals surface area contributed by atoms with Gasteiger partial charge in [-0.25, -0.2) is 29.9 Å². The first-order chi connectivity index (χ1) is 33.9. The Morgan fingerprint density at radius 3 is 1.54 bits per heavy atom. The third kappa shape index (κ3) is 13.7. The van der Waals surface area contributed by atoms with Crippen LogP contribution in [0.3, 0.4) is 0 Å². The number of piperazine rings is 2. The number of carbonyl (C=O) groups excluding carboxylic acids is 2. The van der Waals surface area contributed by atoms with E-state index in [9.17, 15) is 9.59 Å². The van der Waals surface area contributed by atoms with E-state index in [-0.39, 0.29) is 25.0 Å². The van der Waals surface area contributed by atoms with Crippen LogP contribution >= 0.6 is 0 Å². The third-order valence-electron chi connectivity index (χ3n) is 11.6. The largest absolute Gasteiger partial charge is 0.481 e. The second-order valence-electron chi connectivity index (χ2n) is 16.8. The number of anilines is 2. The van der Waals surface area contributed by atoms with Gasteiger partial charge >= 0.3 is 0 Å². The van der Waals surface area contributed by atoms with E-state index in [0.29, 0.717) is 75.3 Å². The van der Waals surface area contributed by atoms with Gasteiger partial charge < -0.3 is 43.9 Å². The van der Waals surface area contributed by atoms with E-state index >= 15 is 0 Å². The summed E-state index contributed by atoms with van der Waals surface area (Å²) in [5, 5.41) is 0. The molecule has 3 saturated heterocycles. The summed E-state index contributed by atoms with van der Waals surface area (Å²) < 4.78 is 11.2. The van der Waals surface area contributed by atoms with Crippen LogP contribution in [0.4, 0.5) is 11.6 Å². The average molecular weight is 931 g/mol. The number of H-pyrrole nitrogens is 2. The van der Waals surface area contributed by atoms with Gasteiger partial charge in [0.1, 0.15) is 48.4 Å². The number of carbonyl (C=O) groups is 2. The van der Waals surface area contributed by atoms with Crippen LogP contribution in [-0.4, -0.2) is 177 Å². The van der Waals surface area contributed by atoms with Gasteiger partial charge in [0, 0.05) is 77.6 Å². The highest BCUT2D eigenvalue weighted by Crippen LogP contribution is 2.24. The lowest BCUT2D eigenvalue weighted by molar-refractivity contribution is -0.127. The molecule has 0 radical (unpaired) electrons. The van der Waals surface area contributed by atoms with Gasteiger partial charge in [-0.05, 0) is 76.1 Å². The lowest BCUT2D eigenvalue weighted by atomic mass is 10.1. The normalized spacial score (nSPS) is 15.5. The predicted octanol–water partition coefficient (Wildman–Crippen LogP) is 4.02. The number of hydrogen-bond donors (Lipinski definition) is 2. The van der Waals surface area contributed by atoms with Crippen molar-refractivity contribution in [3.63, 3.8) is 0 Å². The van der Waals surface area contributed by atoms with E-state index in [1.165, 1.54) is 31.9 Å². The molecule has 2 amide bonds. The highest BCUT2D eigenvalue weighted by Gasteiger charge is 2.25. The molecule has 4 aromatic heterocycles. The number of aromatic nitrogens is 8. The SMILES string of the molecule is CN(C)C/C=C/C(=O)N1CCN(c2ncnc3nc(C#CCOc4ccccc4)[nH]c23)CC1.O=C(/C=C/CN1CCCCC1)N1CCN(c2ncnc3nc(C#CCOc4ccccc4)[nH]c23)CC1. The standard InChI is InChI=1S/C27H31N7O2.C24H27N7O2/c35-24(12-7-15-32-13-5-2-6-14-32)33-16-18-34(19-17-33)27-25-26(28-21-29-27)31-23(30-25)11-8-20-36-22-9-3-1-4-10-22;1-29(2)12-6-11-21(32)30-13-15-31(16-14-30)24-22-23(25-18-26-24)28-20(27-22)10-7-17-33-19-8-4-3-5-9-19/h1,3-4,7,9-10,12,21H,2,5-6,13-20H2,(H,28,29,30,31);3-6,8-9,11,18H,12-17H2,1-2H3,(H,25,26,27,28)/b12-7+;11-6+. The lowest BCUT2D eigenvalue weighted by Gasteiger charge is -2.35. The van der Waals surface area contributed by atoms with Crippen molar-refractivity contribution in [2.24, 2.45) is 0 Å². The number of nitrogens with zero attached hydrogens (tertiary/aromatic N) is 12. The van der Waals surface area contributed by atoms with Crippen molar-refractivity contribution in [1.29, 1.82) is 0 Å². The molecular formula is C51H58N14O4. The summed E-state index contributed by atoms with van der Waals surface area (Å²) in [5.74, 6) is 16.2. The maximum atomic E-state index is 12.6. The number of fused-ring (bicyclic) bond motifs is 2. The number of ether oxygens (including phenoxy) is 2. The topological polar surface area (TPSA) is 181 Å². The molecule has 7 heterocycles. The smallest absolute Gasteiger partial charge is 0.246 e. The fourth-order valence-corrected chi connectivity index (χ4v) is 8.04. The minimum absolute atomic E-state index is 0.0427. The third-order valence-corrected chi connectivity index (χ3v) is 11.6. The van der Waals surface area contributed by atoms with Crippen molar-refractivity contribution in [3.8, 4) is 35.2 Å². The molecular weight excluding hydrogens is 873 g/mol. The van der Waals surface area contributed by atoms with E-state index in [1.54, 1.807) is 12.2 Å². The zero-order chi connectivity index (χ0) is 47.6. The van der Waals surface area contributed by atoms with Gasteiger partial charge in [-0.2, -0.15) is 0 Å². The first-order valence-electron chi connectivity index (χ1n) is 23.4. The number of likely N-dealkylation sites (N-methyl/N-ethyl adjacent to an activating group) is 1. The molecule has 0 atom stereocenters. The van der Waals surface area contributed by atoms with Gasteiger partial charge in [-0.1, -0.05) is 66.8 Å². The minimum atomic E-state index is 0.0427. The van der Waals surface area contributed by atoms with E-state index in [4.69, 9.17) is 9.47 Å². The fourth-order valence-electron chi connectivity index (χ4n) is 8.04. The van der Waals surface area contributed by atoms with Gasteiger partial charge in [0.25, 0.3) is 0 Å². The molecule has 3 aliphatic rings. The Balaban J connectivity index is 0.000000187. The van der Waals surface area contributed by atoms with Gasteiger partial charge in [0.15, 0.2) is 34.6 Å². The van der Waals surface area contributed by atoms with Crippen molar-refractivity contribution in [2.75, 3.05) is 116 Å². The Kier molecular flexibility index (Phi) is 16.8. The summed E-state index contributed by atoms with van der Waals surface area (Å²) >= 11 is 0. The summed E-state index contributed by atoms with van der Waals surface area (Å²) in [6.07, 6.45) is 14.1. The monoisotopic (exact) mass is 930 g/mol. The molecule has 0 bridgehead atoms. The summed E-state index contributed by atoms with van der Waals surface area (Å²) in [5.41, 5.74) is 2.65. The van der Waals surface area contributed by atoms with E-state index in [1.807, 2.05) is 102 Å². The molecule has 6 aromatic rings. The zero-order valence-electron chi connectivity index (χ0n) is 39.3. The molecule has 3 aliphatic heterocycles. The molecule has 2 N–H and O–H groups in total. The first-order valence-corrected chi connectivity index (χ1v) is 23.4. The molecule has 9 rings (SSSR count). The molecule has 0 unspecified atom stereocenters. The van der Waals surface area contributed by atoms with Crippen molar-refractivity contribution < 1.29 is 19.1 Å². The van der Waals surface area contributed by atoms with Crippen molar-refractivity contribution in [2.45, 2.75) is 19.3 Å². The van der Waals surface area contributed by atoms with Crippen LogP contribution in [0, 0.1) is 23.7 Å². The molecule has 356 valence electrons. The number of amides is 2. The molecule has 2 aromatic carbocycles. The van der Waals surface area contributed by atoms with Crippen molar-refractivity contribution >= 4 is 45.8 Å².